The Morgan fingerprint density at radius 1 is 0.263 bits per heavy atom. The molecule has 0 amide bonds. The molecule has 1 unspecified atom stereocenters. The van der Waals surface area contributed by atoms with Crippen LogP contribution in [0.3, 0.4) is 0 Å². The maximum atomic E-state index is 12.8. The molecule has 0 aliphatic rings. The second-order valence-electron chi connectivity index (χ2n) is 23.1. The van der Waals surface area contributed by atoms with Crippen molar-refractivity contribution < 1.29 is 28.6 Å². The van der Waals surface area contributed by atoms with Crippen LogP contribution < -0.4 is 0 Å². The lowest BCUT2D eigenvalue weighted by atomic mass is 10.0. The lowest BCUT2D eigenvalue weighted by molar-refractivity contribution is -0.167. The van der Waals surface area contributed by atoms with Gasteiger partial charge >= 0.3 is 17.9 Å². The van der Waals surface area contributed by atoms with Gasteiger partial charge in [0, 0.05) is 19.3 Å². The lowest BCUT2D eigenvalue weighted by Gasteiger charge is -2.18. The summed E-state index contributed by atoms with van der Waals surface area (Å²) in [6, 6.07) is 0. The first-order chi connectivity index (χ1) is 37.5. The summed E-state index contributed by atoms with van der Waals surface area (Å²) in [6.07, 6.45) is 80.6. The topological polar surface area (TPSA) is 78.9 Å². The van der Waals surface area contributed by atoms with E-state index in [1.165, 1.54) is 244 Å². The van der Waals surface area contributed by atoms with E-state index in [-0.39, 0.29) is 31.1 Å². The van der Waals surface area contributed by atoms with Gasteiger partial charge in [-0.2, -0.15) is 0 Å². The third-order valence-electron chi connectivity index (χ3n) is 15.3. The summed E-state index contributed by atoms with van der Waals surface area (Å²) >= 11 is 0. The SMILES string of the molecule is CCC/C=C\C/C=C\CCCCCCCC(=O)OC(COC(=O)CCCCCCCCCCCC)COC(=O)CCCCCCCCCCCCCCCCCCCCCCCCC/C=C\CCCCCCCCCC. The highest BCUT2D eigenvalue weighted by molar-refractivity contribution is 5.71. The molecule has 1 atom stereocenters. The molecule has 0 aromatic rings. The maximum Gasteiger partial charge on any atom is 0.306 e. The Balaban J connectivity index is 3.95. The van der Waals surface area contributed by atoms with Crippen molar-refractivity contribution in [1.82, 2.24) is 0 Å². The minimum Gasteiger partial charge on any atom is -0.462 e. The fourth-order valence-corrected chi connectivity index (χ4v) is 10.2. The molecular weight excluding hydrogens is 937 g/mol. The number of carbonyl (C=O) groups excluding carboxylic acids is 3. The van der Waals surface area contributed by atoms with Crippen LogP contribution in [0.15, 0.2) is 36.5 Å². The molecule has 0 heterocycles. The van der Waals surface area contributed by atoms with Gasteiger partial charge in [0.2, 0.25) is 0 Å². The number of ether oxygens (including phenoxy) is 3. The zero-order valence-electron chi connectivity index (χ0n) is 51.3. The van der Waals surface area contributed by atoms with Crippen LogP contribution in [-0.2, 0) is 28.6 Å². The van der Waals surface area contributed by atoms with Crippen molar-refractivity contribution in [3.8, 4) is 0 Å². The first-order valence-electron chi connectivity index (χ1n) is 34.0. The van der Waals surface area contributed by atoms with Crippen LogP contribution in [0.2, 0.25) is 0 Å². The molecule has 6 nitrogen and oxygen atoms in total. The first-order valence-corrected chi connectivity index (χ1v) is 34.0. The van der Waals surface area contributed by atoms with E-state index in [1.54, 1.807) is 0 Å². The van der Waals surface area contributed by atoms with Gasteiger partial charge in [0.05, 0.1) is 0 Å². The highest BCUT2D eigenvalue weighted by Crippen LogP contribution is 2.18. The highest BCUT2D eigenvalue weighted by Gasteiger charge is 2.19. The van der Waals surface area contributed by atoms with Crippen molar-refractivity contribution in [2.45, 2.75) is 380 Å². The van der Waals surface area contributed by atoms with E-state index in [9.17, 15) is 14.4 Å². The average molecular weight is 1070 g/mol. The van der Waals surface area contributed by atoms with E-state index >= 15 is 0 Å². The molecule has 0 bridgehead atoms. The van der Waals surface area contributed by atoms with Gasteiger partial charge in [0.25, 0.3) is 0 Å². The third kappa shape index (κ3) is 62.5. The molecule has 0 spiro atoms. The van der Waals surface area contributed by atoms with Gasteiger partial charge in [-0.1, -0.05) is 320 Å². The largest absolute Gasteiger partial charge is 0.462 e. The van der Waals surface area contributed by atoms with Crippen LogP contribution in [-0.4, -0.2) is 37.2 Å². The summed E-state index contributed by atoms with van der Waals surface area (Å²) in [4.78, 5) is 38.1. The first kappa shape index (κ1) is 73.6. The van der Waals surface area contributed by atoms with Crippen molar-refractivity contribution in [3.05, 3.63) is 36.5 Å². The summed E-state index contributed by atoms with van der Waals surface area (Å²) in [6.45, 7) is 6.60. The Hall–Kier alpha value is -2.37. The standard InChI is InChI=1S/C70H130O6/c1-4-7-10-13-16-19-22-24-25-26-27-28-29-30-31-32-33-34-35-36-37-38-39-40-41-42-43-44-45-47-48-51-54-57-60-63-69(72)75-66-67(65-74-68(71)62-59-56-53-50-21-18-15-12-9-6-3)76-70(73)64-61-58-55-52-49-46-23-20-17-14-11-8-5-2/h11,14,20,23,26-27,67H,4-10,12-13,15-19,21-22,24-25,28-66H2,1-3H3/b14-11-,23-20-,27-26-. The van der Waals surface area contributed by atoms with Gasteiger partial charge in [-0.05, 0) is 70.6 Å². The van der Waals surface area contributed by atoms with Crippen LogP contribution in [0.4, 0.5) is 0 Å². The Morgan fingerprint density at radius 2 is 0.500 bits per heavy atom. The van der Waals surface area contributed by atoms with E-state index in [0.717, 1.165) is 89.9 Å². The summed E-state index contributed by atoms with van der Waals surface area (Å²) in [5.41, 5.74) is 0. The van der Waals surface area contributed by atoms with E-state index in [2.05, 4.69) is 57.2 Å². The summed E-state index contributed by atoms with van der Waals surface area (Å²) < 4.78 is 16.9. The summed E-state index contributed by atoms with van der Waals surface area (Å²) in [5, 5.41) is 0. The molecular formula is C70H130O6. The van der Waals surface area contributed by atoms with Crippen LogP contribution in [0.25, 0.3) is 0 Å². The molecule has 0 aliphatic carbocycles. The number of allylic oxidation sites excluding steroid dienone is 6. The van der Waals surface area contributed by atoms with Gasteiger partial charge in [-0.3, -0.25) is 14.4 Å². The van der Waals surface area contributed by atoms with Crippen molar-refractivity contribution in [1.29, 1.82) is 0 Å². The van der Waals surface area contributed by atoms with Gasteiger partial charge in [-0.15, -0.1) is 0 Å². The van der Waals surface area contributed by atoms with Gasteiger partial charge in [0.15, 0.2) is 6.10 Å². The maximum absolute atomic E-state index is 12.8. The Morgan fingerprint density at radius 3 is 0.789 bits per heavy atom. The minimum atomic E-state index is -0.775. The van der Waals surface area contributed by atoms with Crippen molar-refractivity contribution >= 4 is 17.9 Å². The molecule has 446 valence electrons. The fourth-order valence-electron chi connectivity index (χ4n) is 10.2. The predicted octanol–water partition coefficient (Wildman–Crippen LogP) is 23.2. The van der Waals surface area contributed by atoms with Crippen LogP contribution >= 0.6 is 0 Å². The summed E-state index contributed by atoms with van der Waals surface area (Å²) in [7, 11) is 0. The molecule has 76 heavy (non-hydrogen) atoms. The number of rotatable bonds is 63. The molecule has 0 aromatic carbocycles. The molecule has 0 aromatic heterocycles. The quantitative estimate of drug-likeness (QED) is 0.0261. The Bertz CT molecular complexity index is 1270. The predicted molar refractivity (Wildman–Crippen MR) is 330 cm³/mol. The fraction of sp³-hybridized carbons (Fsp3) is 0.871. The van der Waals surface area contributed by atoms with Gasteiger partial charge < -0.3 is 14.2 Å². The van der Waals surface area contributed by atoms with Crippen molar-refractivity contribution in [2.75, 3.05) is 13.2 Å². The molecule has 0 fully saturated rings. The summed E-state index contributed by atoms with van der Waals surface area (Å²) in [5.74, 6) is -0.868. The molecule has 0 saturated carbocycles. The normalized spacial score (nSPS) is 12.2. The average Bonchev–Trinajstić information content (AvgIpc) is 3.42. The number of unbranched alkanes of at least 4 members (excludes halogenated alkanes) is 46. The van der Waals surface area contributed by atoms with Crippen molar-refractivity contribution in [2.24, 2.45) is 0 Å². The van der Waals surface area contributed by atoms with Gasteiger partial charge in [-0.25, -0.2) is 0 Å². The highest BCUT2D eigenvalue weighted by atomic mass is 16.6. The van der Waals surface area contributed by atoms with E-state index in [1.807, 2.05) is 0 Å². The van der Waals surface area contributed by atoms with E-state index in [0.29, 0.717) is 19.3 Å². The minimum absolute atomic E-state index is 0.0729. The smallest absolute Gasteiger partial charge is 0.306 e. The van der Waals surface area contributed by atoms with E-state index < -0.39 is 6.10 Å². The Kier molecular flexibility index (Phi) is 63.1. The molecule has 0 N–H and O–H groups in total. The number of hydrogen-bond acceptors (Lipinski definition) is 6. The Labute approximate surface area is 474 Å². The number of hydrogen-bond donors (Lipinski definition) is 0. The van der Waals surface area contributed by atoms with Crippen LogP contribution in [0.1, 0.15) is 374 Å². The van der Waals surface area contributed by atoms with Crippen LogP contribution in [0, 0.1) is 0 Å². The number of esters is 3. The van der Waals surface area contributed by atoms with Crippen molar-refractivity contribution in [3.63, 3.8) is 0 Å². The van der Waals surface area contributed by atoms with Crippen LogP contribution in [0.5, 0.6) is 0 Å². The molecule has 0 rings (SSSR count). The zero-order valence-corrected chi connectivity index (χ0v) is 51.3. The molecule has 0 saturated heterocycles. The number of carbonyl (C=O) groups is 3. The molecule has 6 heteroatoms. The monoisotopic (exact) mass is 1070 g/mol. The van der Waals surface area contributed by atoms with Gasteiger partial charge in [0.1, 0.15) is 13.2 Å². The lowest BCUT2D eigenvalue weighted by Crippen LogP contribution is -2.30. The molecule has 0 aliphatic heterocycles. The third-order valence-corrected chi connectivity index (χ3v) is 15.3. The second kappa shape index (κ2) is 65.2. The van der Waals surface area contributed by atoms with E-state index in [4.69, 9.17) is 14.2 Å². The second-order valence-corrected chi connectivity index (χ2v) is 23.1. The molecule has 0 radical (unpaired) electrons. The zero-order chi connectivity index (χ0) is 55.0.